The van der Waals surface area contributed by atoms with Crippen molar-refractivity contribution in [2.45, 2.75) is 255 Å². The molecule has 0 aromatic heterocycles. The molecule has 462 valence electrons. The first-order valence-electron chi connectivity index (χ1n) is 29.2. The number of hydrogen-bond donors (Lipinski definition) is 12. The summed E-state index contributed by atoms with van der Waals surface area (Å²) in [6, 6.07) is 0. The summed E-state index contributed by atoms with van der Waals surface area (Å²) in [4.78, 5) is 27.9. The number of fused-ring (bicyclic) bond motifs is 7. The van der Waals surface area contributed by atoms with Crippen molar-refractivity contribution in [2.75, 3.05) is 26.4 Å². The molecule has 0 amide bonds. The molecule has 0 aromatic carbocycles. The standard InChI is InChI=1S/C57H90O24/c1-25-38(76-45-37(66)39(28(59)21-72-45)77-49-43(67)57(71,23-58)24-74-49)34(63)36(65)46(75-25)80-42-40(78-47-35(64)32(61)33(62)41(79-47)44(68)69)29(60)22-73-48(42)81-50(70)56-18-16-51(2,3)20-27(56)26-10-11-31-53(6)14-9-13-52(4,5)30(53)12-15-55(31,8)54(26,7)17-19-56/h10,25,27-43,45-49,58-67,71H,9,11-24H2,1-8H3,(H,68,69)/t25-,27-,28+,29-,30-,31+,32-,33-,34-,35+,36+,37+,38-,39-,40-,41-,42+,43-,45-,46-,47+,48-,49-,53-,54+,55+,56-,57+/m0/s1. The number of ether oxygens (including phenoxy) is 10. The third-order valence-electron chi connectivity index (χ3n) is 22.2. The van der Waals surface area contributed by atoms with Crippen molar-refractivity contribution in [3.05, 3.63) is 11.6 Å². The third kappa shape index (κ3) is 10.4. The fourth-order valence-corrected chi connectivity index (χ4v) is 17.2. The van der Waals surface area contributed by atoms with Gasteiger partial charge in [-0.05, 0) is 116 Å². The highest BCUT2D eigenvalue weighted by Crippen LogP contribution is 2.76. The summed E-state index contributed by atoms with van der Waals surface area (Å²) >= 11 is 0. The number of hydrogen-bond acceptors (Lipinski definition) is 23. The van der Waals surface area contributed by atoms with Gasteiger partial charge in [-0.2, -0.15) is 0 Å². The van der Waals surface area contributed by atoms with Crippen LogP contribution in [-0.4, -0.2) is 228 Å². The first-order valence-corrected chi connectivity index (χ1v) is 29.2. The Labute approximate surface area is 471 Å². The van der Waals surface area contributed by atoms with Gasteiger partial charge in [0.05, 0.1) is 37.9 Å². The molecule has 12 N–H and O–H groups in total. The van der Waals surface area contributed by atoms with Gasteiger partial charge in [-0.3, -0.25) is 4.79 Å². The highest BCUT2D eigenvalue weighted by molar-refractivity contribution is 5.79. The molecule has 0 spiro atoms. The zero-order valence-corrected chi connectivity index (χ0v) is 47.7. The second-order valence-corrected chi connectivity index (χ2v) is 27.9. The molecule has 10 rings (SSSR count). The zero-order chi connectivity index (χ0) is 58.9. The van der Waals surface area contributed by atoms with Crippen LogP contribution < -0.4 is 0 Å². The number of carbonyl (C=O) groups excluding carboxylic acids is 1. The molecule has 0 bridgehead atoms. The summed E-state index contributed by atoms with van der Waals surface area (Å²) in [5.74, 6) is -1.48. The maximum Gasteiger partial charge on any atom is 0.335 e. The molecule has 5 heterocycles. The van der Waals surface area contributed by atoms with Crippen LogP contribution in [0.5, 0.6) is 0 Å². The molecule has 4 saturated carbocycles. The number of esters is 1. The monoisotopic (exact) mass is 1160 g/mol. The maximum atomic E-state index is 15.7. The summed E-state index contributed by atoms with van der Waals surface area (Å²) in [5, 5.41) is 130. The minimum atomic E-state index is -2.11. The van der Waals surface area contributed by atoms with Crippen molar-refractivity contribution in [3.8, 4) is 0 Å². The lowest BCUT2D eigenvalue weighted by molar-refractivity contribution is -0.385. The Hall–Kier alpha value is -2.12. The second-order valence-electron chi connectivity index (χ2n) is 27.9. The third-order valence-corrected chi connectivity index (χ3v) is 22.2. The minimum Gasteiger partial charge on any atom is -0.479 e. The Morgan fingerprint density at radius 3 is 1.93 bits per heavy atom. The Kier molecular flexibility index (Phi) is 17.0. The normalized spacial score (nSPS) is 53.2. The number of aliphatic hydroxyl groups excluding tert-OH is 10. The van der Waals surface area contributed by atoms with Gasteiger partial charge >= 0.3 is 11.9 Å². The van der Waals surface area contributed by atoms with E-state index in [1.165, 1.54) is 31.8 Å². The van der Waals surface area contributed by atoms with Crippen molar-refractivity contribution < 1.29 is 118 Å². The maximum absolute atomic E-state index is 15.7. The number of carboxylic acids is 1. The van der Waals surface area contributed by atoms with Gasteiger partial charge in [0.1, 0.15) is 78.8 Å². The highest BCUT2D eigenvalue weighted by Gasteiger charge is 2.69. The molecule has 28 atom stereocenters. The van der Waals surface area contributed by atoms with Crippen LogP contribution in [0.4, 0.5) is 0 Å². The first kappa shape index (κ1) is 61.9. The highest BCUT2D eigenvalue weighted by atomic mass is 16.8. The molecule has 5 saturated heterocycles. The van der Waals surface area contributed by atoms with Crippen LogP contribution in [0.1, 0.15) is 126 Å². The molecule has 10 aliphatic rings. The number of carboxylic acid groups (broad SMARTS) is 1. The SMILES string of the molecule is C[C@@H]1O[C@@H](O[C@H]2[C@H](OC(=O)[C@]34CCC(C)(C)C[C@H]3C3=CC[C@@H]5[C@@]6(C)CCCC(C)(C)[C@@H]6CC[C@@]5(C)[C@]3(C)CC4)OC[C@H](O)[C@@H]2O[C@@H]2O[C@H](C(=O)O)[C@@H](O)[C@H](O)[C@H]2O)[C@H](O)[C@H](O)[C@H]1O[C@@H]1OC[C@@H](O)[C@H](O[C@@H]2OC[C@](O)(CO)[C@H]2O)[C@H]1O. The second kappa shape index (κ2) is 22.2. The van der Waals surface area contributed by atoms with E-state index in [4.69, 9.17) is 47.4 Å². The van der Waals surface area contributed by atoms with E-state index in [9.17, 15) is 66.1 Å². The Bertz CT molecular complexity index is 2320. The van der Waals surface area contributed by atoms with Crippen LogP contribution in [0.3, 0.4) is 0 Å². The van der Waals surface area contributed by atoms with Gasteiger partial charge in [0.15, 0.2) is 37.4 Å². The van der Waals surface area contributed by atoms with Crippen LogP contribution >= 0.6 is 0 Å². The topological polar surface area (TPSA) is 369 Å². The minimum absolute atomic E-state index is 0.0463. The Morgan fingerprint density at radius 1 is 0.630 bits per heavy atom. The van der Waals surface area contributed by atoms with Crippen LogP contribution in [0.2, 0.25) is 0 Å². The van der Waals surface area contributed by atoms with Crippen molar-refractivity contribution in [1.82, 2.24) is 0 Å². The fraction of sp³-hybridized carbons (Fsp3) is 0.930. The van der Waals surface area contributed by atoms with E-state index in [-0.39, 0.29) is 33.0 Å². The van der Waals surface area contributed by atoms with Gasteiger partial charge in [-0.1, -0.05) is 66.5 Å². The van der Waals surface area contributed by atoms with Gasteiger partial charge in [-0.25, -0.2) is 4.79 Å². The smallest absolute Gasteiger partial charge is 0.335 e. The Morgan fingerprint density at radius 2 is 1.25 bits per heavy atom. The van der Waals surface area contributed by atoms with E-state index in [2.05, 4.69) is 54.5 Å². The summed E-state index contributed by atoms with van der Waals surface area (Å²) < 4.78 is 59.3. The predicted octanol–water partition coefficient (Wildman–Crippen LogP) is -0.143. The van der Waals surface area contributed by atoms with Gasteiger partial charge < -0.3 is 109 Å². The van der Waals surface area contributed by atoms with E-state index in [0.717, 1.165) is 25.7 Å². The quantitative estimate of drug-likeness (QED) is 0.0893. The molecule has 81 heavy (non-hydrogen) atoms. The molecule has 24 heteroatoms. The van der Waals surface area contributed by atoms with Crippen LogP contribution in [0, 0.1) is 50.2 Å². The van der Waals surface area contributed by atoms with Crippen molar-refractivity contribution in [2.24, 2.45) is 50.2 Å². The number of aliphatic carboxylic acids is 1. The average molecular weight is 1160 g/mol. The number of allylic oxidation sites excluding steroid dienone is 2. The van der Waals surface area contributed by atoms with Crippen LogP contribution in [-0.2, 0) is 57.0 Å². The number of carbonyl (C=O) groups is 2. The summed E-state index contributed by atoms with van der Waals surface area (Å²) in [7, 11) is 0. The molecular weight excluding hydrogens is 1070 g/mol. The largest absolute Gasteiger partial charge is 0.479 e. The molecule has 0 radical (unpaired) electrons. The van der Waals surface area contributed by atoms with E-state index in [0.29, 0.717) is 37.5 Å². The molecule has 24 nitrogen and oxygen atoms in total. The van der Waals surface area contributed by atoms with E-state index in [1.807, 2.05) is 0 Å². The summed E-state index contributed by atoms with van der Waals surface area (Å²) in [5.41, 5.74) is -1.87. The molecule has 9 fully saturated rings. The lowest BCUT2D eigenvalue weighted by atomic mass is 9.33. The van der Waals surface area contributed by atoms with Gasteiger partial charge in [0.25, 0.3) is 0 Å². The van der Waals surface area contributed by atoms with Crippen molar-refractivity contribution in [1.29, 1.82) is 0 Å². The molecule has 0 unspecified atom stereocenters. The number of rotatable bonds is 12. The molecule has 5 aliphatic carbocycles. The summed E-state index contributed by atoms with van der Waals surface area (Å²) in [6.45, 7) is 15.7. The summed E-state index contributed by atoms with van der Waals surface area (Å²) in [6.07, 6.45) is -23.9. The lowest BCUT2D eigenvalue weighted by Gasteiger charge is -2.71. The number of aliphatic hydroxyl groups is 11. The van der Waals surface area contributed by atoms with Crippen LogP contribution in [0.15, 0.2) is 11.6 Å². The van der Waals surface area contributed by atoms with Crippen molar-refractivity contribution >= 4 is 11.9 Å². The van der Waals surface area contributed by atoms with E-state index < -0.39 is 172 Å². The average Bonchev–Trinajstić information content (AvgIpc) is 3.48. The molecule has 5 aliphatic heterocycles. The van der Waals surface area contributed by atoms with Gasteiger partial charge in [0, 0.05) is 0 Å². The zero-order valence-electron chi connectivity index (χ0n) is 47.7. The Balaban J connectivity index is 0.917. The predicted molar refractivity (Wildman–Crippen MR) is 275 cm³/mol. The van der Waals surface area contributed by atoms with Crippen LogP contribution in [0.25, 0.3) is 0 Å². The first-order chi connectivity index (χ1) is 37.9. The lowest BCUT2D eigenvalue weighted by Crippen LogP contribution is -2.66. The van der Waals surface area contributed by atoms with Gasteiger partial charge in [0.2, 0.25) is 6.29 Å². The molecular formula is C57H90O24. The molecule has 0 aromatic rings. The van der Waals surface area contributed by atoms with E-state index >= 15 is 4.79 Å². The van der Waals surface area contributed by atoms with Gasteiger partial charge in [-0.15, -0.1) is 0 Å². The fourth-order valence-electron chi connectivity index (χ4n) is 17.2. The van der Waals surface area contributed by atoms with E-state index in [1.54, 1.807) is 0 Å². The van der Waals surface area contributed by atoms with Crippen molar-refractivity contribution in [3.63, 3.8) is 0 Å².